The zero-order valence-electron chi connectivity index (χ0n) is 25.4. The topological polar surface area (TPSA) is 126 Å². The molecule has 5 aromatic heterocycles. The minimum atomic E-state index is -0.317. The zero-order valence-corrected chi connectivity index (χ0v) is 26.2. The number of nitrogens with one attached hydrogen (secondary N) is 2. The second-order valence-electron chi connectivity index (χ2n) is 12.9. The Kier molecular flexibility index (Phi) is 6.78. The van der Waals surface area contributed by atoms with Gasteiger partial charge in [0.25, 0.3) is 11.5 Å². The van der Waals surface area contributed by atoms with Crippen LogP contribution in [-0.2, 0) is 17.6 Å². The second kappa shape index (κ2) is 11.2. The number of anilines is 1. The molecule has 2 fully saturated rings. The summed E-state index contributed by atoms with van der Waals surface area (Å²) in [6.45, 7) is 2.30. The van der Waals surface area contributed by atoms with Gasteiger partial charge >= 0.3 is 0 Å². The number of aromatic amines is 1. The Bertz CT molecular complexity index is 2040. The monoisotopic (exact) mass is 634 g/mol. The lowest BCUT2D eigenvalue weighted by atomic mass is 9.89. The van der Waals surface area contributed by atoms with E-state index in [1.54, 1.807) is 11.3 Å². The van der Waals surface area contributed by atoms with Crippen LogP contribution in [0.25, 0.3) is 31.9 Å². The molecule has 234 valence electrons. The molecule has 10 nitrogen and oxygen atoms in total. The Hall–Kier alpha value is -4.35. The number of aryl methyl sites for hydroxylation is 2. The predicted molar refractivity (Wildman–Crippen MR) is 175 cm³/mol. The van der Waals surface area contributed by atoms with E-state index in [2.05, 4.69) is 27.6 Å². The second-order valence-corrected chi connectivity index (χ2v) is 13.9. The maximum absolute atomic E-state index is 14.2. The molecule has 0 spiro atoms. The summed E-state index contributed by atoms with van der Waals surface area (Å²) in [5.41, 5.74) is 5.98. The number of aromatic nitrogens is 4. The van der Waals surface area contributed by atoms with Crippen molar-refractivity contribution >= 4 is 33.1 Å². The molecule has 4 aliphatic rings. The van der Waals surface area contributed by atoms with E-state index in [1.165, 1.54) is 11.6 Å². The van der Waals surface area contributed by atoms with E-state index in [0.29, 0.717) is 17.2 Å². The van der Waals surface area contributed by atoms with Gasteiger partial charge in [-0.25, -0.2) is 4.98 Å². The van der Waals surface area contributed by atoms with Crippen LogP contribution in [-0.4, -0.2) is 50.7 Å². The molecule has 0 bridgehead atoms. The summed E-state index contributed by atoms with van der Waals surface area (Å²) in [6.07, 6.45) is 11.2. The fourth-order valence-corrected chi connectivity index (χ4v) is 9.11. The molecule has 9 rings (SSSR count). The van der Waals surface area contributed by atoms with Gasteiger partial charge in [-0.2, -0.15) is 5.16 Å². The Morgan fingerprint density at radius 3 is 2.80 bits per heavy atom. The highest BCUT2D eigenvalue weighted by atomic mass is 32.1. The summed E-state index contributed by atoms with van der Waals surface area (Å²) in [7, 11) is 0. The third-order valence-corrected chi connectivity index (χ3v) is 11.4. The molecule has 11 heteroatoms. The smallest absolute Gasteiger partial charge is 0.280 e. The van der Waals surface area contributed by atoms with Gasteiger partial charge in [0, 0.05) is 48.3 Å². The molecular formula is C35H34N6O4S. The molecule has 2 atom stereocenters. The number of carbonyl (C=O) groups is 1. The van der Waals surface area contributed by atoms with Gasteiger partial charge in [0.1, 0.15) is 5.82 Å². The van der Waals surface area contributed by atoms with Crippen molar-refractivity contribution in [3.63, 3.8) is 0 Å². The van der Waals surface area contributed by atoms with Gasteiger partial charge in [-0.1, -0.05) is 6.07 Å². The van der Waals surface area contributed by atoms with Crippen molar-refractivity contribution in [3.8, 4) is 21.8 Å². The van der Waals surface area contributed by atoms with Crippen LogP contribution < -0.4 is 10.9 Å². The SMILES string of the molecule is O=C1c2c(nc(CCC3CCOCC3)c(-c3cc(=O)[nH]o3)c2-c2cc3ccnc(N[C@@H]4CCc5ncccc54)c3s2)[C@@H]2CCCN12. The van der Waals surface area contributed by atoms with Gasteiger partial charge < -0.3 is 19.5 Å². The molecule has 8 heterocycles. The van der Waals surface area contributed by atoms with Crippen molar-refractivity contribution in [2.24, 2.45) is 5.92 Å². The number of thiophene rings is 1. The Morgan fingerprint density at radius 2 is 1.93 bits per heavy atom. The van der Waals surface area contributed by atoms with Crippen LogP contribution in [0.4, 0.5) is 5.82 Å². The third kappa shape index (κ3) is 4.59. The first-order chi connectivity index (χ1) is 22.6. The van der Waals surface area contributed by atoms with Crippen molar-refractivity contribution in [2.75, 3.05) is 25.1 Å². The summed E-state index contributed by atoms with van der Waals surface area (Å²) in [6, 6.07) is 9.91. The molecule has 0 aromatic carbocycles. The molecule has 1 aliphatic carbocycles. The maximum Gasteiger partial charge on any atom is 0.280 e. The van der Waals surface area contributed by atoms with Crippen LogP contribution in [0, 0.1) is 5.92 Å². The largest absolute Gasteiger partial charge is 0.381 e. The lowest BCUT2D eigenvalue weighted by Gasteiger charge is -2.23. The van der Waals surface area contributed by atoms with Gasteiger partial charge in [0.2, 0.25) is 0 Å². The highest BCUT2D eigenvalue weighted by Gasteiger charge is 2.44. The summed E-state index contributed by atoms with van der Waals surface area (Å²) in [5, 5.41) is 7.25. The van der Waals surface area contributed by atoms with Crippen LogP contribution in [0.5, 0.6) is 0 Å². The van der Waals surface area contributed by atoms with Crippen molar-refractivity contribution in [1.29, 1.82) is 0 Å². The maximum atomic E-state index is 14.2. The van der Waals surface area contributed by atoms with Crippen molar-refractivity contribution in [1.82, 2.24) is 25.0 Å². The van der Waals surface area contributed by atoms with E-state index in [9.17, 15) is 9.59 Å². The lowest BCUT2D eigenvalue weighted by Crippen LogP contribution is -2.22. The first-order valence-corrected chi connectivity index (χ1v) is 17.2. The van der Waals surface area contributed by atoms with E-state index >= 15 is 0 Å². The van der Waals surface area contributed by atoms with E-state index in [4.69, 9.17) is 19.2 Å². The van der Waals surface area contributed by atoms with Crippen molar-refractivity contribution in [2.45, 2.75) is 63.5 Å². The van der Waals surface area contributed by atoms with Gasteiger partial charge in [-0.15, -0.1) is 11.3 Å². The molecule has 2 saturated heterocycles. The molecule has 0 unspecified atom stereocenters. The summed E-state index contributed by atoms with van der Waals surface area (Å²) >= 11 is 1.62. The van der Waals surface area contributed by atoms with Crippen molar-refractivity contribution in [3.05, 3.63) is 81.3 Å². The van der Waals surface area contributed by atoms with Crippen molar-refractivity contribution < 1.29 is 14.1 Å². The fraction of sp³-hybridized carbons (Fsp3) is 0.400. The Labute approximate surface area is 269 Å². The quantitative estimate of drug-likeness (QED) is 0.209. The number of ether oxygens (including phenoxy) is 1. The van der Waals surface area contributed by atoms with Crippen LogP contribution in [0.2, 0.25) is 0 Å². The van der Waals surface area contributed by atoms with Crippen LogP contribution in [0.1, 0.15) is 83.6 Å². The standard InChI is InChI=1S/C35H34N6O4S/c42-28-18-26(45-40-28)29-24(6-5-19-10-15-44-16-11-19)38-32-25-4-2-14-41(25)35(43)31(32)30(29)27-17-20-9-13-37-34(33(20)46-27)39-23-8-7-22-21(23)3-1-12-36-22/h1,3,9,12-13,17-19,23,25H,2,4-8,10-11,14-16H2,(H,37,39)(H,40,42)/t23-,25+/m1/s1. The number of pyridine rings is 3. The van der Waals surface area contributed by atoms with E-state index in [1.807, 2.05) is 29.4 Å². The minimum absolute atomic E-state index is 0.0131. The predicted octanol–water partition coefficient (Wildman–Crippen LogP) is 6.45. The molecule has 3 aliphatic heterocycles. The van der Waals surface area contributed by atoms with Crippen LogP contribution in [0.3, 0.4) is 0 Å². The number of hydrogen-bond acceptors (Lipinski definition) is 9. The average Bonchev–Trinajstić information content (AvgIpc) is 3.92. The number of H-pyrrole nitrogens is 1. The first kappa shape index (κ1) is 27.9. The number of carbonyl (C=O) groups excluding carboxylic acids is 1. The number of fused-ring (bicyclic) bond motifs is 5. The number of nitrogens with zero attached hydrogens (tertiary/aromatic N) is 4. The van der Waals surface area contributed by atoms with Gasteiger partial charge in [-0.05, 0) is 86.4 Å². The molecular weight excluding hydrogens is 600 g/mol. The van der Waals surface area contributed by atoms with Gasteiger partial charge in [0.05, 0.1) is 45.4 Å². The fourth-order valence-electron chi connectivity index (χ4n) is 7.94. The molecule has 0 radical (unpaired) electrons. The highest BCUT2D eigenvalue weighted by Crippen LogP contribution is 2.50. The molecule has 46 heavy (non-hydrogen) atoms. The molecule has 0 saturated carbocycles. The van der Waals surface area contributed by atoms with Crippen LogP contribution >= 0.6 is 11.3 Å². The van der Waals surface area contributed by atoms with Gasteiger partial charge in [0.15, 0.2) is 5.76 Å². The number of amides is 1. The van der Waals surface area contributed by atoms with Crippen LogP contribution in [0.15, 0.2) is 52.0 Å². The average molecular weight is 635 g/mol. The lowest BCUT2D eigenvalue weighted by molar-refractivity contribution is 0.0639. The molecule has 2 N–H and O–H groups in total. The number of rotatable bonds is 7. The van der Waals surface area contributed by atoms with E-state index < -0.39 is 0 Å². The molecule has 1 amide bonds. The Morgan fingerprint density at radius 1 is 1.02 bits per heavy atom. The van der Waals surface area contributed by atoms with E-state index in [-0.39, 0.29) is 23.6 Å². The summed E-state index contributed by atoms with van der Waals surface area (Å²) in [4.78, 5) is 44.1. The van der Waals surface area contributed by atoms with E-state index in [0.717, 1.165) is 120 Å². The summed E-state index contributed by atoms with van der Waals surface area (Å²) in [5.74, 6) is 1.80. The first-order valence-electron chi connectivity index (χ1n) is 16.4. The molecule has 5 aromatic rings. The Balaban J connectivity index is 1.21. The normalized spacial score (nSPS) is 20.8. The summed E-state index contributed by atoms with van der Waals surface area (Å²) < 4.78 is 12.4. The van der Waals surface area contributed by atoms with Gasteiger partial charge in [-0.3, -0.25) is 19.6 Å². The number of hydrogen-bond donors (Lipinski definition) is 2. The third-order valence-electron chi connectivity index (χ3n) is 10.2. The highest BCUT2D eigenvalue weighted by molar-refractivity contribution is 7.23. The zero-order chi connectivity index (χ0) is 30.8. The minimum Gasteiger partial charge on any atom is -0.381 e.